The summed E-state index contributed by atoms with van der Waals surface area (Å²) in [5, 5.41) is 3.04. The maximum Gasteiger partial charge on any atom is 0.0990 e. The third kappa shape index (κ3) is 3.28. The summed E-state index contributed by atoms with van der Waals surface area (Å²) in [6.45, 7) is 8.51. The van der Waals surface area contributed by atoms with E-state index in [2.05, 4.69) is 30.7 Å². The molecule has 0 bridgehead atoms. The molecule has 0 unspecified atom stereocenters. The summed E-state index contributed by atoms with van der Waals surface area (Å²) in [4.78, 5) is 4.25. The van der Waals surface area contributed by atoms with Crippen molar-refractivity contribution in [1.82, 2.24) is 5.32 Å². The average molecular weight is 140 g/mol. The Labute approximate surface area is 63.0 Å². The summed E-state index contributed by atoms with van der Waals surface area (Å²) < 4.78 is 0. The van der Waals surface area contributed by atoms with Gasteiger partial charge in [-0.2, -0.15) is 0 Å². The van der Waals surface area contributed by atoms with Crippen LogP contribution in [0.15, 0.2) is 17.6 Å². The van der Waals surface area contributed by atoms with Crippen molar-refractivity contribution < 1.29 is 0 Å². The molecule has 0 aliphatic heterocycles. The van der Waals surface area contributed by atoms with Crippen molar-refractivity contribution in [3.63, 3.8) is 0 Å². The van der Waals surface area contributed by atoms with E-state index >= 15 is 0 Å². The van der Waals surface area contributed by atoms with E-state index in [1.165, 1.54) is 0 Å². The molecule has 2 nitrogen and oxygen atoms in total. The Bertz CT molecular complexity index is 125. The van der Waals surface area contributed by atoms with Crippen molar-refractivity contribution in [1.29, 1.82) is 0 Å². The zero-order valence-corrected chi connectivity index (χ0v) is 7.02. The molecule has 0 rings (SSSR count). The predicted octanol–water partition coefficient (Wildman–Crippen LogP) is 1.45. The second-order valence-electron chi connectivity index (χ2n) is 2.42. The van der Waals surface area contributed by atoms with Gasteiger partial charge < -0.3 is 5.32 Å². The highest BCUT2D eigenvalue weighted by Crippen LogP contribution is 1.93. The first-order chi connectivity index (χ1) is 4.72. The SMILES string of the molecule is C=CC/N=C(\NC)C(C)C. The predicted molar refractivity (Wildman–Crippen MR) is 46.4 cm³/mol. The van der Waals surface area contributed by atoms with Gasteiger partial charge in [-0.1, -0.05) is 19.9 Å². The Hall–Kier alpha value is -0.790. The van der Waals surface area contributed by atoms with Crippen LogP contribution in [-0.2, 0) is 0 Å². The monoisotopic (exact) mass is 140 g/mol. The second kappa shape index (κ2) is 5.03. The van der Waals surface area contributed by atoms with Gasteiger partial charge in [-0.25, -0.2) is 0 Å². The van der Waals surface area contributed by atoms with Gasteiger partial charge in [0.25, 0.3) is 0 Å². The minimum absolute atomic E-state index is 0.477. The Morgan fingerprint density at radius 2 is 2.30 bits per heavy atom. The Morgan fingerprint density at radius 3 is 2.60 bits per heavy atom. The van der Waals surface area contributed by atoms with E-state index in [1.54, 1.807) is 6.08 Å². The Balaban J connectivity index is 3.90. The third-order valence-corrected chi connectivity index (χ3v) is 1.19. The Morgan fingerprint density at radius 1 is 1.70 bits per heavy atom. The maximum absolute atomic E-state index is 4.25. The van der Waals surface area contributed by atoms with Crippen LogP contribution in [0.25, 0.3) is 0 Å². The van der Waals surface area contributed by atoms with E-state index < -0.39 is 0 Å². The smallest absolute Gasteiger partial charge is 0.0990 e. The average Bonchev–Trinajstić information content (AvgIpc) is 1.89. The van der Waals surface area contributed by atoms with E-state index in [-0.39, 0.29) is 0 Å². The number of hydrogen-bond donors (Lipinski definition) is 1. The molecule has 10 heavy (non-hydrogen) atoms. The molecule has 0 radical (unpaired) electrons. The molecule has 58 valence electrons. The molecule has 0 saturated carbocycles. The summed E-state index contributed by atoms with van der Waals surface area (Å²) in [6.07, 6.45) is 1.79. The number of rotatable bonds is 3. The molecule has 0 spiro atoms. The number of hydrogen-bond acceptors (Lipinski definition) is 1. The van der Waals surface area contributed by atoms with E-state index in [9.17, 15) is 0 Å². The van der Waals surface area contributed by atoms with Gasteiger partial charge in [0.15, 0.2) is 0 Å². The van der Waals surface area contributed by atoms with Crippen LogP contribution >= 0.6 is 0 Å². The van der Waals surface area contributed by atoms with Gasteiger partial charge in [0.05, 0.1) is 12.4 Å². The fraction of sp³-hybridized carbons (Fsp3) is 0.625. The highest BCUT2D eigenvalue weighted by atomic mass is 15.0. The summed E-state index contributed by atoms with van der Waals surface area (Å²) in [5.41, 5.74) is 0. The molecule has 0 saturated heterocycles. The molecule has 0 fully saturated rings. The number of nitrogens with zero attached hydrogens (tertiary/aromatic N) is 1. The minimum Gasteiger partial charge on any atom is -0.377 e. The summed E-state index contributed by atoms with van der Waals surface area (Å²) in [7, 11) is 1.89. The molecular weight excluding hydrogens is 124 g/mol. The first-order valence-electron chi connectivity index (χ1n) is 3.55. The lowest BCUT2D eigenvalue weighted by Crippen LogP contribution is -2.24. The lowest BCUT2D eigenvalue weighted by molar-refractivity contribution is 0.829. The number of nitrogens with one attached hydrogen (secondary N) is 1. The van der Waals surface area contributed by atoms with E-state index in [0.29, 0.717) is 12.5 Å². The van der Waals surface area contributed by atoms with Gasteiger partial charge >= 0.3 is 0 Å². The van der Waals surface area contributed by atoms with Crippen LogP contribution in [0.2, 0.25) is 0 Å². The quantitative estimate of drug-likeness (QED) is 0.358. The largest absolute Gasteiger partial charge is 0.377 e. The molecule has 0 aromatic rings. The van der Waals surface area contributed by atoms with Crippen molar-refractivity contribution in [2.45, 2.75) is 13.8 Å². The molecule has 0 amide bonds. The molecule has 0 aromatic heterocycles. The van der Waals surface area contributed by atoms with Gasteiger partial charge in [0.1, 0.15) is 0 Å². The van der Waals surface area contributed by atoms with Crippen molar-refractivity contribution in [2.24, 2.45) is 10.9 Å². The van der Waals surface area contributed by atoms with E-state index in [0.717, 1.165) is 5.84 Å². The van der Waals surface area contributed by atoms with Gasteiger partial charge in [-0.3, -0.25) is 4.99 Å². The molecule has 1 N–H and O–H groups in total. The molecule has 0 aromatic carbocycles. The molecule has 2 heteroatoms. The zero-order valence-electron chi connectivity index (χ0n) is 7.02. The number of amidine groups is 1. The lowest BCUT2D eigenvalue weighted by Gasteiger charge is -2.07. The Kier molecular flexibility index (Phi) is 4.63. The first kappa shape index (κ1) is 9.21. The van der Waals surface area contributed by atoms with Crippen LogP contribution in [0, 0.1) is 5.92 Å². The minimum atomic E-state index is 0.477. The lowest BCUT2D eigenvalue weighted by atomic mass is 10.2. The maximum atomic E-state index is 4.25. The zero-order chi connectivity index (χ0) is 7.98. The van der Waals surface area contributed by atoms with E-state index in [1.807, 2.05) is 7.05 Å². The van der Waals surface area contributed by atoms with Crippen LogP contribution < -0.4 is 5.32 Å². The topological polar surface area (TPSA) is 24.4 Å². The first-order valence-corrected chi connectivity index (χ1v) is 3.55. The van der Waals surface area contributed by atoms with Crippen molar-refractivity contribution >= 4 is 5.84 Å². The van der Waals surface area contributed by atoms with Crippen LogP contribution in [0.3, 0.4) is 0 Å². The number of aliphatic imine (C=N–C) groups is 1. The van der Waals surface area contributed by atoms with Gasteiger partial charge in [-0.15, -0.1) is 6.58 Å². The van der Waals surface area contributed by atoms with Crippen LogP contribution in [0.1, 0.15) is 13.8 Å². The van der Waals surface area contributed by atoms with Gasteiger partial charge in [0.2, 0.25) is 0 Å². The molecule has 0 aliphatic carbocycles. The molecule has 0 heterocycles. The fourth-order valence-electron chi connectivity index (χ4n) is 0.713. The normalized spacial score (nSPS) is 11.8. The standard InChI is InChI=1S/C8H16N2/c1-5-6-10-8(9-4)7(2)3/h5,7H,1,6H2,2-4H3,(H,9,10). The molecular formula is C8H16N2. The van der Waals surface area contributed by atoms with Gasteiger partial charge in [-0.05, 0) is 0 Å². The highest BCUT2D eigenvalue weighted by Gasteiger charge is 1.98. The van der Waals surface area contributed by atoms with Crippen molar-refractivity contribution in [2.75, 3.05) is 13.6 Å². The summed E-state index contributed by atoms with van der Waals surface area (Å²) in [6, 6.07) is 0. The molecule has 0 aliphatic rings. The molecule has 0 atom stereocenters. The van der Waals surface area contributed by atoms with Crippen molar-refractivity contribution in [3.8, 4) is 0 Å². The summed E-state index contributed by atoms with van der Waals surface area (Å²) >= 11 is 0. The fourth-order valence-corrected chi connectivity index (χ4v) is 0.713. The van der Waals surface area contributed by atoms with Crippen LogP contribution in [0.4, 0.5) is 0 Å². The third-order valence-electron chi connectivity index (χ3n) is 1.19. The van der Waals surface area contributed by atoms with Crippen LogP contribution in [-0.4, -0.2) is 19.4 Å². The van der Waals surface area contributed by atoms with Gasteiger partial charge in [0, 0.05) is 13.0 Å². The highest BCUT2D eigenvalue weighted by molar-refractivity contribution is 5.83. The van der Waals surface area contributed by atoms with E-state index in [4.69, 9.17) is 0 Å². The van der Waals surface area contributed by atoms with Crippen LogP contribution in [0.5, 0.6) is 0 Å². The van der Waals surface area contributed by atoms with Crippen molar-refractivity contribution in [3.05, 3.63) is 12.7 Å². The second-order valence-corrected chi connectivity index (χ2v) is 2.42. The summed E-state index contributed by atoms with van der Waals surface area (Å²) in [5.74, 6) is 1.52.